The Kier molecular flexibility index (Phi) is 3.81. The Labute approximate surface area is 115 Å². The molecule has 0 saturated heterocycles. The van der Waals surface area contributed by atoms with E-state index in [1.54, 1.807) is 7.11 Å². The van der Waals surface area contributed by atoms with Crippen LogP contribution in [0.1, 0.15) is 32.3 Å². The number of methoxy groups -OCH3 is 1. The van der Waals surface area contributed by atoms with Crippen LogP contribution >= 0.6 is 0 Å². The molecule has 0 spiro atoms. The van der Waals surface area contributed by atoms with Crippen LogP contribution in [0, 0.1) is 5.92 Å². The van der Waals surface area contributed by atoms with Crippen LogP contribution < -0.4 is 4.74 Å². The first-order chi connectivity index (χ1) is 8.97. The summed E-state index contributed by atoms with van der Waals surface area (Å²) in [6.07, 6.45) is 3.81. The van der Waals surface area contributed by atoms with E-state index >= 15 is 0 Å². The van der Waals surface area contributed by atoms with Gasteiger partial charge in [-0.2, -0.15) is 0 Å². The average Bonchev–Trinajstić information content (AvgIpc) is 2.42. The second-order valence-corrected chi connectivity index (χ2v) is 5.46. The molecule has 1 N–H and O–H groups in total. The smallest absolute Gasteiger partial charge is 0.118 e. The molecular weight excluding hydrogens is 236 g/mol. The van der Waals surface area contributed by atoms with E-state index in [-0.39, 0.29) is 0 Å². The van der Waals surface area contributed by atoms with E-state index in [9.17, 15) is 5.11 Å². The Morgan fingerprint density at radius 2 is 2.00 bits per heavy atom. The summed E-state index contributed by atoms with van der Waals surface area (Å²) in [6.45, 7) is 8.06. The summed E-state index contributed by atoms with van der Waals surface area (Å²) in [6, 6.07) is 7.67. The predicted octanol–water partition coefficient (Wildman–Crippen LogP) is 3.82. The van der Waals surface area contributed by atoms with Gasteiger partial charge in [0.1, 0.15) is 11.4 Å². The molecule has 1 aromatic rings. The third-order valence-corrected chi connectivity index (χ3v) is 4.17. The van der Waals surface area contributed by atoms with Gasteiger partial charge in [0.15, 0.2) is 0 Å². The van der Waals surface area contributed by atoms with Crippen molar-refractivity contribution in [3.63, 3.8) is 0 Å². The third kappa shape index (κ3) is 2.59. The van der Waals surface area contributed by atoms with Gasteiger partial charge >= 0.3 is 0 Å². The highest BCUT2D eigenvalue weighted by Gasteiger charge is 2.37. The van der Waals surface area contributed by atoms with Gasteiger partial charge in [-0.3, -0.25) is 0 Å². The van der Waals surface area contributed by atoms with Gasteiger partial charge in [-0.15, -0.1) is 0 Å². The Bertz CT molecular complexity index is 498. The SMILES string of the molecule is C=C(C)[C@H]1CC=C(C)C(O)(c2ccc(OC)cc2)C1. The standard InChI is InChI=1S/C17H22O2/c1-12(2)14-6-5-13(3)17(18,11-14)15-7-9-16(19-4)10-8-15/h5,7-10,14,18H,1,6,11H2,2-4H3/t14-,17?/m0/s1. The van der Waals surface area contributed by atoms with Crippen molar-refractivity contribution in [1.82, 2.24) is 0 Å². The molecule has 0 radical (unpaired) electrons. The van der Waals surface area contributed by atoms with Crippen LogP contribution in [0.2, 0.25) is 0 Å². The molecule has 0 bridgehead atoms. The van der Waals surface area contributed by atoms with E-state index in [2.05, 4.69) is 12.7 Å². The van der Waals surface area contributed by atoms with Gasteiger partial charge in [-0.1, -0.05) is 30.4 Å². The number of rotatable bonds is 3. The average molecular weight is 258 g/mol. The van der Waals surface area contributed by atoms with Gasteiger partial charge in [0.2, 0.25) is 0 Å². The van der Waals surface area contributed by atoms with Crippen molar-refractivity contribution in [3.05, 3.63) is 53.6 Å². The fourth-order valence-electron chi connectivity index (χ4n) is 2.68. The summed E-state index contributed by atoms with van der Waals surface area (Å²) in [4.78, 5) is 0. The molecule has 1 aliphatic rings. The van der Waals surface area contributed by atoms with Gasteiger partial charge in [-0.25, -0.2) is 0 Å². The molecule has 2 nitrogen and oxygen atoms in total. The molecule has 0 aliphatic heterocycles. The Morgan fingerprint density at radius 1 is 1.37 bits per heavy atom. The lowest BCUT2D eigenvalue weighted by Crippen LogP contribution is -2.33. The Morgan fingerprint density at radius 3 is 2.53 bits per heavy atom. The first kappa shape index (κ1) is 13.9. The van der Waals surface area contributed by atoms with E-state index in [1.807, 2.05) is 38.1 Å². The molecule has 2 heteroatoms. The zero-order valence-electron chi connectivity index (χ0n) is 11.9. The quantitative estimate of drug-likeness (QED) is 0.835. The van der Waals surface area contributed by atoms with Gasteiger partial charge in [0, 0.05) is 0 Å². The summed E-state index contributed by atoms with van der Waals surface area (Å²) in [7, 11) is 1.65. The third-order valence-electron chi connectivity index (χ3n) is 4.17. The van der Waals surface area contributed by atoms with E-state index in [1.165, 1.54) is 0 Å². The van der Waals surface area contributed by atoms with Gasteiger partial charge < -0.3 is 9.84 Å². The topological polar surface area (TPSA) is 29.5 Å². The summed E-state index contributed by atoms with van der Waals surface area (Å²) >= 11 is 0. The van der Waals surface area contributed by atoms with E-state index in [0.717, 1.165) is 28.9 Å². The molecule has 1 aliphatic carbocycles. The molecule has 2 rings (SSSR count). The number of allylic oxidation sites excluding steroid dienone is 2. The molecule has 1 aromatic carbocycles. The van der Waals surface area contributed by atoms with Crippen LogP contribution in [0.25, 0.3) is 0 Å². The molecule has 102 valence electrons. The Balaban J connectivity index is 2.36. The van der Waals surface area contributed by atoms with E-state index in [0.29, 0.717) is 12.3 Å². The van der Waals surface area contributed by atoms with Gasteiger partial charge in [-0.05, 0) is 55.9 Å². The summed E-state index contributed by atoms with van der Waals surface area (Å²) in [5, 5.41) is 11.0. The van der Waals surface area contributed by atoms with Crippen LogP contribution in [0.4, 0.5) is 0 Å². The van der Waals surface area contributed by atoms with Crippen molar-refractivity contribution >= 4 is 0 Å². The second kappa shape index (κ2) is 5.22. The maximum atomic E-state index is 11.0. The molecule has 0 aromatic heterocycles. The van der Waals surface area contributed by atoms with Crippen molar-refractivity contribution in [2.75, 3.05) is 7.11 Å². The largest absolute Gasteiger partial charge is 0.497 e. The van der Waals surface area contributed by atoms with Crippen molar-refractivity contribution in [2.24, 2.45) is 5.92 Å². The first-order valence-corrected chi connectivity index (χ1v) is 6.67. The molecular formula is C17H22O2. The minimum Gasteiger partial charge on any atom is -0.497 e. The zero-order chi connectivity index (χ0) is 14.0. The van der Waals surface area contributed by atoms with Gasteiger partial charge in [0.25, 0.3) is 0 Å². The molecule has 2 atom stereocenters. The lowest BCUT2D eigenvalue weighted by atomic mass is 9.72. The van der Waals surface area contributed by atoms with Crippen molar-refractivity contribution in [1.29, 1.82) is 0 Å². The number of aliphatic hydroxyl groups is 1. The minimum atomic E-state index is -0.881. The van der Waals surface area contributed by atoms with Gasteiger partial charge in [0.05, 0.1) is 7.11 Å². The Hall–Kier alpha value is -1.54. The first-order valence-electron chi connectivity index (χ1n) is 6.67. The maximum absolute atomic E-state index is 11.0. The van der Waals surface area contributed by atoms with E-state index in [4.69, 9.17) is 4.74 Å². The van der Waals surface area contributed by atoms with Crippen LogP contribution in [-0.2, 0) is 5.60 Å². The normalized spacial score (nSPS) is 26.7. The van der Waals surface area contributed by atoms with Crippen LogP contribution in [-0.4, -0.2) is 12.2 Å². The fourth-order valence-corrected chi connectivity index (χ4v) is 2.68. The fraction of sp³-hybridized carbons (Fsp3) is 0.412. The highest BCUT2D eigenvalue weighted by Crippen LogP contribution is 2.42. The number of benzene rings is 1. The number of hydrogen-bond acceptors (Lipinski definition) is 2. The van der Waals surface area contributed by atoms with Crippen LogP contribution in [0.3, 0.4) is 0 Å². The highest BCUT2D eigenvalue weighted by atomic mass is 16.5. The molecule has 0 heterocycles. The van der Waals surface area contributed by atoms with Crippen LogP contribution in [0.15, 0.2) is 48.1 Å². The summed E-state index contributed by atoms with van der Waals surface area (Å²) in [5.41, 5.74) is 2.20. The predicted molar refractivity (Wildman–Crippen MR) is 78.2 cm³/mol. The molecule has 0 fully saturated rings. The lowest BCUT2D eigenvalue weighted by Gasteiger charge is -2.37. The second-order valence-electron chi connectivity index (χ2n) is 5.46. The molecule has 0 saturated carbocycles. The number of hydrogen-bond donors (Lipinski definition) is 1. The van der Waals surface area contributed by atoms with Crippen molar-refractivity contribution in [2.45, 2.75) is 32.3 Å². The highest BCUT2D eigenvalue weighted by molar-refractivity contribution is 5.38. The van der Waals surface area contributed by atoms with E-state index < -0.39 is 5.60 Å². The van der Waals surface area contributed by atoms with Crippen molar-refractivity contribution < 1.29 is 9.84 Å². The lowest BCUT2D eigenvalue weighted by molar-refractivity contribution is 0.0462. The zero-order valence-corrected chi connectivity index (χ0v) is 11.9. The summed E-state index contributed by atoms with van der Waals surface area (Å²) in [5.74, 6) is 1.15. The minimum absolute atomic E-state index is 0.343. The molecule has 1 unspecified atom stereocenters. The number of ether oxygens (including phenoxy) is 1. The maximum Gasteiger partial charge on any atom is 0.118 e. The van der Waals surface area contributed by atoms with Crippen molar-refractivity contribution in [3.8, 4) is 5.75 Å². The molecule has 19 heavy (non-hydrogen) atoms. The van der Waals surface area contributed by atoms with Crippen LogP contribution in [0.5, 0.6) is 5.75 Å². The monoisotopic (exact) mass is 258 g/mol. The summed E-state index contributed by atoms with van der Waals surface area (Å²) < 4.78 is 5.17. The molecule has 0 amide bonds.